The first-order chi connectivity index (χ1) is 29.4. The molecule has 16 rings (SSSR count). The lowest BCUT2D eigenvalue weighted by Gasteiger charge is -2.10. The van der Waals surface area contributed by atoms with Crippen molar-refractivity contribution >= 4 is 47.6 Å². The van der Waals surface area contributed by atoms with E-state index in [4.69, 9.17) is 18.9 Å². The van der Waals surface area contributed by atoms with E-state index in [0.717, 1.165) is 0 Å². The van der Waals surface area contributed by atoms with Gasteiger partial charge in [-0.25, -0.2) is 0 Å². The van der Waals surface area contributed by atoms with Crippen LogP contribution in [0.4, 0.5) is 22.7 Å². The van der Waals surface area contributed by atoms with E-state index in [1.165, 1.54) is 0 Å². The van der Waals surface area contributed by atoms with E-state index >= 15 is 0 Å². The molecule has 0 unspecified atom stereocenters. The zero-order valence-electron chi connectivity index (χ0n) is 32.7. The summed E-state index contributed by atoms with van der Waals surface area (Å²) in [6.07, 6.45) is 9.06. The maximum atomic E-state index is 10.7. The van der Waals surface area contributed by atoms with Gasteiger partial charge >= 0.3 is 0 Å². The molecule has 0 atom stereocenters. The summed E-state index contributed by atoms with van der Waals surface area (Å²) in [6, 6.07) is 34.8. The van der Waals surface area contributed by atoms with Crippen LogP contribution in [0.5, 0.6) is 46.0 Å². The molecule has 0 fully saturated rings. The Hall–Kier alpha value is -7.60. The van der Waals surface area contributed by atoms with Crippen molar-refractivity contribution in [1.29, 1.82) is 0 Å². The molecule has 0 saturated carbocycles. The number of phenols is 4. The van der Waals surface area contributed by atoms with Gasteiger partial charge in [0.1, 0.15) is 46.0 Å². The topological polar surface area (TPSA) is 167 Å². The molecule has 0 saturated heterocycles. The molecule has 0 aromatic heterocycles. The summed E-state index contributed by atoms with van der Waals surface area (Å²) in [5.41, 5.74) is 4.34. The zero-order valence-corrected chi connectivity index (χ0v) is 32.7. The minimum absolute atomic E-state index is 0.0214. The third kappa shape index (κ3) is 11.3. The van der Waals surface area contributed by atoms with Crippen LogP contribution in [-0.2, 0) is 0 Å². The fourth-order valence-electron chi connectivity index (χ4n) is 5.98. The van der Waals surface area contributed by atoms with Crippen LogP contribution in [0.15, 0.2) is 141 Å². The van der Waals surface area contributed by atoms with E-state index in [1.54, 1.807) is 97.7 Å². The minimum atomic E-state index is 0.0214. The van der Waals surface area contributed by atoms with Gasteiger partial charge in [-0.15, -0.1) is 0 Å². The van der Waals surface area contributed by atoms with Crippen molar-refractivity contribution in [2.75, 3.05) is 26.4 Å². The molecule has 10 aliphatic heterocycles. The summed E-state index contributed by atoms with van der Waals surface area (Å²) < 4.78 is 23.4. The first-order valence-corrected chi connectivity index (χ1v) is 19.6. The molecule has 6 aromatic carbocycles. The highest BCUT2D eigenvalue weighted by atomic mass is 16.5. The highest BCUT2D eigenvalue weighted by Gasteiger charge is 2.08. The molecule has 0 aliphatic carbocycles. The Bertz CT molecular complexity index is 2190. The molecule has 60 heavy (non-hydrogen) atoms. The smallest absolute Gasteiger partial charge is 0.128 e. The van der Waals surface area contributed by atoms with Crippen molar-refractivity contribution in [3.8, 4) is 46.0 Å². The van der Waals surface area contributed by atoms with Gasteiger partial charge in [0.15, 0.2) is 0 Å². The van der Waals surface area contributed by atoms with Gasteiger partial charge in [-0.05, 0) is 98.5 Å². The maximum absolute atomic E-state index is 10.7. The summed E-state index contributed by atoms with van der Waals surface area (Å²) in [4.78, 5) is 18.3. The van der Waals surface area contributed by atoms with Crippen molar-refractivity contribution in [3.05, 3.63) is 144 Å². The Morgan fingerprint density at radius 2 is 0.550 bits per heavy atom. The number of aromatic hydroxyl groups is 4. The zero-order chi connectivity index (χ0) is 41.5. The molecular formula is C48H44N4O8. The summed E-state index contributed by atoms with van der Waals surface area (Å²) in [5, 5.41) is 42.8. The molecule has 0 amide bonds. The van der Waals surface area contributed by atoms with Crippen LogP contribution >= 0.6 is 0 Å². The molecule has 0 spiro atoms. The highest BCUT2D eigenvalue weighted by molar-refractivity contribution is 5.91. The lowest BCUT2D eigenvalue weighted by molar-refractivity contribution is 0.265. The van der Waals surface area contributed by atoms with E-state index < -0.39 is 0 Å². The SMILES string of the molecule is Oc1cc2ccc1C=Nc1ccccc1N=Cc1ccc(cc1O)OCCCCOc1ccc(c(O)c1)C=Nc1ccccc1N=Cc1ccc(cc1O)OCCCCO2. The van der Waals surface area contributed by atoms with Gasteiger partial charge in [0.2, 0.25) is 0 Å². The van der Waals surface area contributed by atoms with Gasteiger partial charge in [-0.2, -0.15) is 0 Å². The Balaban J connectivity index is 1.05. The van der Waals surface area contributed by atoms with Gasteiger partial charge in [-0.3, -0.25) is 20.0 Å². The number of para-hydroxylation sites is 4. The number of hydrogen-bond donors (Lipinski definition) is 4. The summed E-state index contributed by atoms with van der Waals surface area (Å²) in [7, 11) is 0. The first kappa shape index (κ1) is 40.6. The molecule has 12 nitrogen and oxygen atoms in total. The van der Waals surface area contributed by atoms with Gasteiger partial charge in [0.05, 0.1) is 49.2 Å². The standard InChI is InChI=1S/C48H44N4O8/c53-45-25-37-17-13-33(45)29-49-41-9-1-2-10-42(41)50-30-34-14-18-38(26-46(34)54)58-22-7-8-24-60-40-20-16-36(48(56)28-40)32-52-44-12-4-3-11-43(44)51-31-35-15-19-39(27-47(35)55)59-23-6-5-21-57-37/h1-4,9-20,25-32,53-56H,5-8,21-24H2. The van der Waals surface area contributed by atoms with Gasteiger partial charge in [-0.1, -0.05) is 24.3 Å². The van der Waals surface area contributed by atoms with E-state index in [1.807, 2.05) is 48.5 Å². The number of phenolic OH excluding ortho intramolecular Hbond substituents is 4. The highest BCUT2D eigenvalue weighted by Crippen LogP contribution is 2.32. The normalized spacial score (nSPS) is 14.0. The van der Waals surface area contributed by atoms with Crippen LogP contribution in [-0.4, -0.2) is 71.7 Å². The second kappa shape index (κ2) is 20.2. The molecule has 304 valence electrons. The molecule has 12 heteroatoms. The van der Waals surface area contributed by atoms with Crippen molar-refractivity contribution in [1.82, 2.24) is 0 Å². The molecule has 4 N–H and O–H groups in total. The van der Waals surface area contributed by atoms with Gasteiger partial charge < -0.3 is 39.4 Å². The van der Waals surface area contributed by atoms with Crippen molar-refractivity contribution in [2.24, 2.45) is 20.0 Å². The molecular weight excluding hydrogens is 761 g/mol. The monoisotopic (exact) mass is 804 g/mol. The number of hydrogen-bond acceptors (Lipinski definition) is 12. The average Bonchev–Trinajstić information content (AvgIpc) is 3.25. The molecule has 10 heterocycles. The van der Waals surface area contributed by atoms with Crippen LogP contribution in [0.1, 0.15) is 47.9 Å². The van der Waals surface area contributed by atoms with Crippen LogP contribution in [0, 0.1) is 0 Å². The number of benzene rings is 6. The first-order valence-electron chi connectivity index (χ1n) is 19.6. The number of rotatable bonds is 0. The van der Waals surface area contributed by atoms with Gasteiger partial charge in [0, 0.05) is 71.4 Å². The van der Waals surface area contributed by atoms with Crippen LogP contribution in [0.2, 0.25) is 0 Å². The third-order valence-electron chi connectivity index (χ3n) is 9.29. The Labute approximate surface area is 347 Å². The van der Waals surface area contributed by atoms with Gasteiger partial charge in [0.25, 0.3) is 0 Å². The van der Waals surface area contributed by atoms with Crippen LogP contribution in [0.25, 0.3) is 0 Å². The predicted octanol–water partition coefficient (Wildman–Crippen LogP) is 10.3. The second-order valence-electron chi connectivity index (χ2n) is 13.7. The summed E-state index contributed by atoms with van der Waals surface area (Å²) >= 11 is 0. The minimum Gasteiger partial charge on any atom is -0.507 e. The predicted molar refractivity (Wildman–Crippen MR) is 235 cm³/mol. The lowest BCUT2D eigenvalue weighted by Crippen LogP contribution is -2.03. The largest absolute Gasteiger partial charge is 0.507 e. The fraction of sp³-hybridized carbons (Fsp3) is 0.167. The molecule has 6 aromatic rings. The van der Waals surface area contributed by atoms with E-state index in [2.05, 4.69) is 20.0 Å². The number of nitrogens with zero attached hydrogens (tertiary/aromatic N) is 4. The van der Waals surface area contributed by atoms with E-state index in [-0.39, 0.29) is 23.0 Å². The van der Waals surface area contributed by atoms with Crippen molar-refractivity contribution < 1.29 is 39.4 Å². The Morgan fingerprint density at radius 1 is 0.317 bits per heavy atom. The average molecular weight is 805 g/mol. The van der Waals surface area contributed by atoms with Crippen molar-refractivity contribution in [3.63, 3.8) is 0 Å². The van der Waals surface area contributed by atoms with E-state index in [0.29, 0.717) is 120 Å². The number of aliphatic imine (C=N–C) groups is 4. The summed E-state index contributed by atoms with van der Waals surface area (Å²) in [6.45, 7) is 1.67. The van der Waals surface area contributed by atoms with Crippen molar-refractivity contribution in [2.45, 2.75) is 25.7 Å². The third-order valence-corrected chi connectivity index (χ3v) is 9.29. The van der Waals surface area contributed by atoms with Crippen LogP contribution < -0.4 is 18.9 Å². The summed E-state index contributed by atoms with van der Waals surface area (Å²) in [5.74, 6) is 2.18. The Kier molecular flexibility index (Phi) is 13.7. The molecule has 0 radical (unpaired) electrons. The number of ether oxygens (including phenoxy) is 4. The lowest BCUT2D eigenvalue weighted by atomic mass is 10.2. The quantitative estimate of drug-likeness (QED) is 0.118. The van der Waals surface area contributed by atoms with Crippen LogP contribution in [0.3, 0.4) is 0 Å². The Morgan fingerprint density at radius 3 is 0.767 bits per heavy atom. The van der Waals surface area contributed by atoms with E-state index in [9.17, 15) is 20.4 Å². The fourth-order valence-corrected chi connectivity index (χ4v) is 5.98. The molecule has 10 aliphatic rings. The second-order valence-corrected chi connectivity index (χ2v) is 13.7. The molecule has 8 bridgehead atoms. The maximum Gasteiger partial charge on any atom is 0.128 e.